The van der Waals surface area contributed by atoms with Crippen LogP contribution in [0.1, 0.15) is 71.6 Å². The molecule has 0 aromatic heterocycles. The van der Waals surface area contributed by atoms with Crippen LogP contribution in [-0.4, -0.2) is 54.3 Å². The van der Waals surface area contributed by atoms with Crippen LogP contribution in [0, 0.1) is 0 Å². The Labute approximate surface area is 167 Å². The molecular formula is C18H36NO8P. The number of rotatable bonds is 18. The number of phosphoric ester groups is 1. The van der Waals surface area contributed by atoms with E-state index in [1.165, 1.54) is 12.8 Å². The first kappa shape index (κ1) is 27.0. The van der Waals surface area contributed by atoms with Crippen LogP contribution in [0.5, 0.6) is 0 Å². The van der Waals surface area contributed by atoms with Gasteiger partial charge in [-0.05, 0) is 12.8 Å². The highest BCUT2D eigenvalue weighted by Crippen LogP contribution is 2.42. The fourth-order valence-electron chi connectivity index (χ4n) is 2.24. The fraction of sp³-hybridized carbons (Fsp3) is 0.889. The highest BCUT2D eigenvalue weighted by atomic mass is 31.2. The molecule has 0 aliphatic heterocycles. The fourth-order valence-corrected chi connectivity index (χ4v) is 3.00. The predicted octanol–water partition coefficient (Wildman–Crippen LogP) is 2.69. The molecule has 9 nitrogen and oxygen atoms in total. The molecule has 166 valence electrons. The van der Waals surface area contributed by atoms with Gasteiger partial charge in [0.15, 0.2) is 0 Å². The molecule has 28 heavy (non-hydrogen) atoms. The van der Waals surface area contributed by atoms with Gasteiger partial charge in [0.1, 0.15) is 12.7 Å². The number of ether oxygens (including phenoxy) is 1. The van der Waals surface area contributed by atoms with E-state index >= 15 is 0 Å². The minimum absolute atomic E-state index is 0.0748. The maximum atomic E-state index is 11.7. The molecule has 1 amide bonds. The number of unbranched alkanes of at least 4 members (excludes halogenated alkanes) is 5. The quantitative estimate of drug-likeness (QED) is 0.174. The Bertz CT molecular complexity index is 475. The molecule has 0 aromatic carbocycles. The molecule has 2 unspecified atom stereocenters. The number of carbonyl (C=O) groups is 2. The second-order valence-corrected chi connectivity index (χ2v) is 8.01. The van der Waals surface area contributed by atoms with E-state index in [0.717, 1.165) is 25.7 Å². The van der Waals surface area contributed by atoms with E-state index in [9.17, 15) is 24.2 Å². The second-order valence-electron chi connectivity index (χ2n) is 6.55. The first-order valence-corrected chi connectivity index (χ1v) is 11.5. The van der Waals surface area contributed by atoms with Gasteiger partial charge in [-0.3, -0.25) is 18.6 Å². The van der Waals surface area contributed by atoms with Gasteiger partial charge in [0.05, 0.1) is 13.2 Å². The molecule has 0 spiro atoms. The molecule has 2 atom stereocenters. The van der Waals surface area contributed by atoms with Gasteiger partial charge in [0.2, 0.25) is 5.91 Å². The van der Waals surface area contributed by atoms with Gasteiger partial charge in [-0.1, -0.05) is 46.0 Å². The Balaban J connectivity index is 3.76. The van der Waals surface area contributed by atoms with Crippen molar-refractivity contribution in [3.63, 3.8) is 0 Å². The highest BCUT2D eigenvalue weighted by Gasteiger charge is 2.23. The summed E-state index contributed by atoms with van der Waals surface area (Å²) in [7, 11) is -4.35. The average Bonchev–Trinajstić information content (AvgIpc) is 2.65. The molecular weight excluding hydrogens is 389 g/mol. The zero-order valence-corrected chi connectivity index (χ0v) is 18.0. The van der Waals surface area contributed by atoms with E-state index in [1.807, 2.05) is 6.92 Å². The summed E-state index contributed by atoms with van der Waals surface area (Å²) in [5.41, 5.74) is 0. The summed E-state index contributed by atoms with van der Waals surface area (Å²) in [5.74, 6) is -0.584. The summed E-state index contributed by atoms with van der Waals surface area (Å²) < 4.78 is 25.9. The summed E-state index contributed by atoms with van der Waals surface area (Å²) in [6.45, 7) is 3.05. The molecule has 0 radical (unpaired) electrons. The summed E-state index contributed by atoms with van der Waals surface area (Å²) in [5, 5.41) is 12.2. The molecule has 3 N–H and O–H groups in total. The van der Waals surface area contributed by atoms with Crippen molar-refractivity contribution >= 4 is 19.7 Å². The van der Waals surface area contributed by atoms with Gasteiger partial charge in [-0.25, -0.2) is 4.57 Å². The van der Waals surface area contributed by atoms with Crippen molar-refractivity contribution in [3.05, 3.63) is 0 Å². The van der Waals surface area contributed by atoms with Crippen molar-refractivity contribution < 1.29 is 37.9 Å². The van der Waals surface area contributed by atoms with Crippen LogP contribution in [0.15, 0.2) is 0 Å². The average molecular weight is 425 g/mol. The molecule has 0 fully saturated rings. The van der Waals surface area contributed by atoms with Gasteiger partial charge in [-0.2, -0.15) is 0 Å². The first-order valence-electron chi connectivity index (χ1n) is 10.0. The molecule has 0 heterocycles. The first-order chi connectivity index (χ1) is 13.3. The molecule has 0 saturated carbocycles. The lowest BCUT2D eigenvalue weighted by Crippen LogP contribution is -2.27. The summed E-state index contributed by atoms with van der Waals surface area (Å²) in [4.78, 5) is 32.3. The molecule has 0 aliphatic carbocycles. The number of nitrogens with one attached hydrogen (secondary N) is 1. The highest BCUT2D eigenvalue weighted by molar-refractivity contribution is 7.47. The number of aliphatic hydroxyl groups excluding tert-OH is 1. The van der Waals surface area contributed by atoms with Crippen LogP contribution in [0.25, 0.3) is 0 Å². The molecule has 0 aliphatic rings. The predicted molar refractivity (Wildman–Crippen MR) is 105 cm³/mol. The zero-order chi connectivity index (χ0) is 21.3. The molecule has 0 aromatic rings. The minimum Gasteiger partial charge on any atom is -0.463 e. The van der Waals surface area contributed by atoms with Gasteiger partial charge >= 0.3 is 13.8 Å². The summed E-state index contributed by atoms with van der Waals surface area (Å²) in [6.07, 6.45) is 6.45. The van der Waals surface area contributed by atoms with Crippen LogP contribution < -0.4 is 5.32 Å². The lowest BCUT2D eigenvalue weighted by molar-refractivity contribution is -0.147. The van der Waals surface area contributed by atoms with Crippen LogP contribution in [-0.2, 0) is 27.9 Å². The SMILES string of the molecule is CCCCCCCCC(=O)OCC(O)COP(=O)(O)OCCNC(=O)CCC. The van der Waals surface area contributed by atoms with Crippen molar-refractivity contribution in [2.24, 2.45) is 0 Å². The summed E-state index contributed by atoms with van der Waals surface area (Å²) >= 11 is 0. The van der Waals surface area contributed by atoms with E-state index in [2.05, 4.69) is 21.3 Å². The number of hydrogen-bond donors (Lipinski definition) is 3. The zero-order valence-electron chi connectivity index (χ0n) is 17.1. The Morgan fingerprint density at radius 3 is 2.32 bits per heavy atom. The second kappa shape index (κ2) is 16.9. The number of amides is 1. The number of esters is 1. The number of carbonyl (C=O) groups excluding carboxylic acids is 2. The van der Waals surface area contributed by atoms with Crippen molar-refractivity contribution in [2.75, 3.05) is 26.4 Å². The van der Waals surface area contributed by atoms with Crippen LogP contribution in [0.2, 0.25) is 0 Å². The molecule has 10 heteroatoms. The van der Waals surface area contributed by atoms with E-state index < -0.39 is 26.5 Å². The lowest BCUT2D eigenvalue weighted by Gasteiger charge is -2.15. The maximum absolute atomic E-state index is 11.7. The Morgan fingerprint density at radius 1 is 0.964 bits per heavy atom. The van der Waals surface area contributed by atoms with Crippen LogP contribution in [0.4, 0.5) is 0 Å². The smallest absolute Gasteiger partial charge is 0.463 e. The van der Waals surface area contributed by atoms with Crippen molar-refractivity contribution in [2.45, 2.75) is 77.7 Å². The van der Waals surface area contributed by atoms with Crippen molar-refractivity contribution in [3.8, 4) is 0 Å². The van der Waals surface area contributed by atoms with E-state index in [4.69, 9.17) is 4.74 Å². The van der Waals surface area contributed by atoms with Crippen LogP contribution >= 0.6 is 7.82 Å². The van der Waals surface area contributed by atoms with Gasteiger partial charge in [0, 0.05) is 19.4 Å². The number of phosphoric acid groups is 1. The van der Waals surface area contributed by atoms with E-state index in [0.29, 0.717) is 12.8 Å². The molecule has 0 rings (SSSR count). The third kappa shape index (κ3) is 17.1. The van der Waals surface area contributed by atoms with Crippen LogP contribution in [0.3, 0.4) is 0 Å². The Hall–Kier alpha value is -0.990. The largest absolute Gasteiger partial charge is 0.472 e. The van der Waals surface area contributed by atoms with Gasteiger partial charge in [-0.15, -0.1) is 0 Å². The Kier molecular flexibility index (Phi) is 16.3. The lowest BCUT2D eigenvalue weighted by atomic mass is 10.1. The van der Waals surface area contributed by atoms with E-state index in [1.54, 1.807) is 0 Å². The topological polar surface area (TPSA) is 131 Å². The maximum Gasteiger partial charge on any atom is 0.472 e. The van der Waals surface area contributed by atoms with Crippen molar-refractivity contribution in [1.82, 2.24) is 5.32 Å². The third-order valence-corrected chi connectivity index (χ3v) is 4.74. The number of aliphatic hydroxyl groups is 1. The van der Waals surface area contributed by atoms with Gasteiger partial charge in [0.25, 0.3) is 0 Å². The Morgan fingerprint density at radius 2 is 1.64 bits per heavy atom. The third-order valence-electron chi connectivity index (χ3n) is 3.76. The number of hydrogen-bond acceptors (Lipinski definition) is 7. The normalized spacial score (nSPS) is 14.3. The minimum atomic E-state index is -4.35. The van der Waals surface area contributed by atoms with E-state index in [-0.39, 0.29) is 32.1 Å². The molecule has 0 bridgehead atoms. The monoisotopic (exact) mass is 425 g/mol. The van der Waals surface area contributed by atoms with Crippen molar-refractivity contribution in [1.29, 1.82) is 0 Å². The standard InChI is InChI=1S/C18H36NO8P/c1-3-5-6-7-8-9-11-18(22)25-14-16(20)15-27-28(23,24)26-13-12-19-17(21)10-4-2/h16,20H,3-15H2,1-2H3,(H,19,21)(H,23,24). The summed E-state index contributed by atoms with van der Waals surface area (Å²) in [6, 6.07) is 0. The molecule has 0 saturated heterocycles. The van der Waals surface area contributed by atoms with Gasteiger partial charge < -0.3 is 20.1 Å².